The van der Waals surface area contributed by atoms with E-state index in [1.54, 1.807) is 24.3 Å². The second-order valence-corrected chi connectivity index (χ2v) is 13.9. The third-order valence-corrected chi connectivity index (χ3v) is 7.79. The lowest BCUT2D eigenvalue weighted by molar-refractivity contribution is -0.276. The topological polar surface area (TPSA) is 97.3 Å². The van der Waals surface area contributed by atoms with Gasteiger partial charge in [0.2, 0.25) is 0 Å². The number of carbonyl (C=O) groups is 2. The summed E-state index contributed by atoms with van der Waals surface area (Å²) in [6.07, 6.45) is 0.363. The fourth-order valence-electron chi connectivity index (χ4n) is 5.17. The van der Waals surface area contributed by atoms with Crippen molar-refractivity contribution in [2.45, 2.75) is 81.1 Å². The van der Waals surface area contributed by atoms with Gasteiger partial charge in [0.05, 0.1) is 18.8 Å². The molecule has 0 radical (unpaired) electrons. The van der Waals surface area contributed by atoms with Crippen LogP contribution in [0.2, 0.25) is 0 Å². The number of amides is 1. The van der Waals surface area contributed by atoms with Crippen LogP contribution >= 0.6 is 34.8 Å². The van der Waals surface area contributed by atoms with E-state index in [-0.39, 0.29) is 36.7 Å². The molecular weight excluding hydrogens is 591 g/mol. The SMILES string of the molecule is C[C@@H]1[C@H](CN2CCC[C@H]2C(=O)OC(C)(C)C)O[C@H](c2ccc(NC(=O)C(Cl)(Cl)Cl)cc2)O[C@@H]1c1ccc(CO)cc1. The Hall–Kier alpha value is -1.91. The number of nitrogens with zero attached hydrogens (tertiary/aromatic N) is 1. The van der Waals surface area contributed by atoms with Crippen LogP contribution in [0.3, 0.4) is 0 Å². The number of alkyl halides is 3. The van der Waals surface area contributed by atoms with Gasteiger partial charge < -0.3 is 24.6 Å². The molecule has 2 fully saturated rings. The first kappa shape index (κ1) is 32.0. The number of nitrogens with one attached hydrogen (secondary N) is 1. The van der Waals surface area contributed by atoms with Crippen molar-refractivity contribution in [2.75, 3.05) is 18.4 Å². The van der Waals surface area contributed by atoms with Gasteiger partial charge in [-0.05, 0) is 63.4 Å². The Kier molecular flexibility index (Phi) is 10.3. The molecular formula is C30H37Cl3N2O6. The molecule has 224 valence electrons. The highest BCUT2D eigenvalue weighted by Gasteiger charge is 2.42. The van der Waals surface area contributed by atoms with Crippen LogP contribution in [0.25, 0.3) is 0 Å². The van der Waals surface area contributed by atoms with Crippen LogP contribution in [0, 0.1) is 5.92 Å². The van der Waals surface area contributed by atoms with E-state index in [9.17, 15) is 14.7 Å². The Morgan fingerprint density at radius 1 is 1.02 bits per heavy atom. The number of hydrogen-bond donors (Lipinski definition) is 2. The number of anilines is 1. The zero-order chi connectivity index (χ0) is 29.9. The van der Waals surface area contributed by atoms with Crippen molar-refractivity contribution in [3.63, 3.8) is 0 Å². The molecule has 8 nitrogen and oxygen atoms in total. The first-order chi connectivity index (χ1) is 19.2. The first-order valence-electron chi connectivity index (χ1n) is 13.7. The molecule has 0 saturated carbocycles. The minimum absolute atomic E-state index is 0.0438. The van der Waals surface area contributed by atoms with Gasteiger partial charge in [-0.25, -0.2) is 0 Å². The third kappa shape index (κ3) is 8.35. The third-order valence-electron chi connectivity index (χ3n) is 7.28. The van der Waals surface area contributed by atoms with Crippen molar-refractivity contribution in [1.82, 2.24) is 4.90 Å². The Labute approximate surface area is 256 Å². The Bertz CT molecular complexity index is 1200. The Morgan fingerprint density at radius 2 is 1.66 bits per heavy atom. The summed E-state index contributed by atoms with van der Waals surface area (Å²) in [4.78, 5) is 27.2. The van der Waals surface area contributed by atoms with Crippen molar-refractivity contribution in [3.8, 4) is 0 Å². The number of hydrogen-bond acceptors (Lipinski definition) is 7. The number of aliphatic hydroxyl groups excluding tert-OH is 1. The quantitative estimate of drug-likeness (QED) is 0.283. The maximum Gasteiger partial charge on any atom is 0.323 e. The lowest BCUT2D eigenvalue weighted by Gasteiger charge is -2.43. The van der Waals surface area contributed by atoms with Gasteiger partial charge in [-0.15, -0.1) is 0 Å². The van der Waals surface area contributed by atoms with Crippen LogP contribution in [-0.2, 0) is 30.4 Å². The van der Waals surface area contributed by atoms with E-state index in [4.69, 9.17) is 49.0 Å². The number of ether oxygens (including phenoxy) is 3. The minimum Gasteiger partial charge on any atom is -0.459 e. The summed E-state index contributed by atoms with van der Waals surface area (Å²) in [6, 6.07) is 14.3. The van der Waals surface area contributed by atoms with Gasteiger partial charge in [-0.1, -0.05) is 78.1 Å². The number of halogens is 3. The van der Waals surface area contributed by atoms with E-state index in [0.717, 1.165) is 36.1 Å². The van der Waals surface area contributed by atoms with Crippen LogP contribution in [0.5, 0.6) is 0 Å². The average Bonchev–Trinajstić information content (AvgIpc) is 3.37. The van der Waals surface area contributed by atoms with Gasteiger partial charge in [-0.3, -0.25) is 14.5 Å². The van der Waals surface area contributed by atoms with E-state index in [1.165, 1.54) is 0 Å². The number of likely N-dealkylation sites (tertiary alicyclic amines) is 1. The number of carbonyl (C=O) groups excluding carboxylic acids is 2. The molecule has 0 unspecified atom stereocenters. The molecule has 2 aliphatic heterocycles. The highest BCUT2D eigenvalue weighted by molar-refractivity contribution is 6.76. The minimum atomic E-state index is -2.08. The van der Waals surface area contributed by atoms with Crippen LogP contribution in [0.15, 0.2) is 48.5 Å². The van der Waals surface area contributed by atoms with Crippen LogP contribution in [0.4, 0.5) is 5.69 Å². The molecule has 2 N–H and O–H groups in total. The summed E-state index contributed by atoms with van der Waals surface area (Å²) in [5, 5.41) is 12.1. The predicted octanol–water partition coefficient (Wildman–Crippen LogP) is 6.09. The molecule has 1 amide bonds. The molecule has 41 heavy (non-hydrogen) atoms. The van der Waals surface area contributed by atoms with Crippen molar-refractivity contribution in [3.05, 3.63) is 65.2 Å². The molecule has 2 saturated heterocycles. The average molecular weight is 628 g/mol. The largest absolute Gasteiger partial charge is 0.459 e. The van der Waals surface area contributed by atoms with Crippen molar-refractivity contribution in [1.29, 1.82) is 0 Å². The van der Waals surface area contributed by atoms with Crippen LogP contribution < -0.4 is 5.32 Å². The molecule has 5 atom stereocenters. The molecule has 0 spiro atoms. The summed E-state index contributed by atoms with van der Waals surface area (Å²) in [5.41, 5.74) is 2.42. The molecule has 2 aliphatic rings. The predicted molar refractivity (Wildman–Crippen MR) is 159 cm³/mol. The van der Waals surface area contributed by atoms with Crippen molar-refractivity contribution < 1.29 is 28.9 Å². The highest BCUT2D eigenvalue weighted by atomic mass is 35.6. The molecule has 2 heterocycles. The Balaban J connectivity index is 1.57. The standard InChI is InChI=1S/C30H37Cl3N2O6/c1-18-24(16-35-15-5-6-23(35)26(37)41-29(2,3)4)39-27(40-25(18)20-9-7-19(17-36)8-10-20)21-11-13-22(14-12-21)34-28(38)30(31,32)33/h7-14,18,23-25,27,36H,5-6,15-17H2,1-4H3,(H,34,38)/t18-,23+,24+,25+,27+/m1/s1. The van der Waals surface area contributed by atoms with E-state index in [2.05, 4.69) is 17.1 Å². The highest BCUT2D eigenvalue weighted by Crippen LogP contribution is 2.42. The van der Waals surface area contributed by atoms with Gasteiger partial charge in [0, 0.05) is 23.7 Å². The van der Waals surface area contributed by atoms with Gasteiger partial charge in [-0.2, -0.15) is 0 Å². The maximum atomic E-state index is 13.0. The smallest absolute Gasteiger partial charge is 0.323 e. The lowest BCUT2D eigenvalue weighted by atomic mass is 9.90. The fraction of sp³-hybridized carbons (Fsp3) is 0.533. The zero-order valence-corrected chi connectivity index (χ0v) is 25.9. The van der Waals surface area contributed by atoms with Gasteiger partial charge in [0.15, 0.2) is 6.29 Å². The number of benzene rings is 2. The summed E-state index contributed by atoms with van der Waals surface area (Å²) >= 11 is 17.0. The second kappa shape index (κ2) is 13.2. The monoisotopic (exact) mass is 626 g/mol. The summed E-state index contributed by atoms with van der Waals surface area (Å²) in [5.74, 6) is -1.02. The first-order valence-corrected chi connectivity index (χ1v) is 14.8. The lowest BCUT2D eigenvalue weighted by Crippen LogP contribution is -2.48. The molecule has 4 rings (SSSR count). The molecule has 11 heteroatoms. The molecule has 2 aromatic rings. The van der Waals surface area contributed by atoms with Gasteiger partial charge in [0.25, 0.3) is 9.70 Å². The number of esters is 1. The fourth-order valence-corrected chi connectivity index (χ4v) is 5.31. The summed E-state index contributed by atoms with van der Waals surface area (Å²) in [7, 11) is 0. The molecule has 0 bridgehead atoms. The van der Waals surface area contributed by atoms with Gasteiger partial charge in [0.1, 0.15) is 11.6 Å². The Morgan fingerprint density at radius 3 is 2.24 bits per heavy atom. The normalized spacial score (nSPS) is 25.6. The molecule has 2 aromatic carbocycles. The van der Waals surface area contributed by atoms with Crippen LogP contribution in [0.1, 0.15) is 69.6 Å². The number of rotatable bonds is 7. The molecule has 0 aromatic heterocycles. The van der Waals surface area contributed by atoms with E-state index in [1.807, 2.05) is 45.0 Å². The van der Waals surface area contributed by atoms with E-state index in [0.29, 0.717) is 12.2 Å². The van der Waals surface area contributed by atoms with E-state index >= 15 is 0 Å². The second-order valence-electron chi connectivity index (χ2n) is 11.6. The summed E-state index contributed by atoms with van der Waals surface area (Å²) in [6.45, 7) is 8.97. The zero-order valence-electron chi connectivity index (χ0n) is 23.6. The maximum absolute atomic E-state index is 13.0. The van der Waals surface area contributed by atoms with Crippen molar-refractivity contribution in [2.24, 2.45) is 5.92 Å². The van der Waals surface area contributed by atoms with Gasteiger partial charge >= 0.3 is 5.97 Å². The van der Waals surface area contributed by atoms with Crippen LogP contribution in [-0.4, -0.2) is 56.5 Å². The number of aliphatic hydroxyl groups is 1. The van der Waals surface area contributed by atoms with E-state index < -0.39 is 21.6 Å². The summed E-state index contributed by atoms with van der Waals surface area (Å²) < 4.78 is 16.7. The van der Waals surface area contributed by atoms with Crippen molar-refractivity contribution >= 4 is 52.4 Å². The molecule has 0 aliphatic carbocycles.